The van der Waals surface area contributed by atoms with Crippen molar-refractivity contribution in [2.45, 2.75) is 76.4 Å². The van der Waals surface area contributed by atoms with Gasteiger partial charge in [-0.15, -0.1) is 24.5 Å². The molecule has 0 radical (unpaired) electrons. The first-order valence-electron chi connectivity index (χ1n) is 24.4. The lowest BCUT2D eigenvalue weighted by atomic mass is 9.83. The van der Waals surface area contributed by atoms with E-state index in [0.717, 1.165) is 44.9 Å². The lowest BCUT2D eigenvalue weighted by Crippen LogP contribution is -2.55. The molecule has 1 saturated carbocycles. The van der Waals surface area contributed by atoms with Crippen molar-refractivity contribution in [3.63, 3.8) is 0 Å². The third-order valence-corrected chi connectivity index (χ3v) is 13.3. The van der Waals surface area contributed by atoms with Gasteiger partial charge in [-0.25, -0.2) is 15.0 Å². The van der Waals surface area contributed by atoms with Gasteiger partial charge in [0, 0.05) is 46.9 Å². The van der Waals surface area contributed by atoms with Crippen LogP contribution in [0.1, 0.15) is 89.3 Å². The topological polar surface area (TPSA) is 204 Å². The fraction of sp³-hybridized carbons (Fsp3) is 0.442. The number of carbonyl (C=O) groups excluding carboxylic acids is 4. The van der Waals surface area contributed by atoms with Crippen LogP contribution in [0.15, 0.2) is 90.6 Å². The van der Waals surface area contributed by atoms with Gasteiger partial charge in [-0.05, 0) is 94.1 Å². The Morgan fingerprint density at radius 2 is 1.51 bits per heavy atom. The van der Waals surface area contributed by atoms with E-state index in [1.807, 2.05) is 4.90 Å². The quantitative estimate of drug-likeness (QED) is 0.0310. The number of carbonyl (C=O) groups is 4. The molecular weight excluding hydrogens is 970 g/mol. The maximum Gasteiger partial charge on any atom is 0.573 e. The molecule has 3 aromatic carbocycles. The fourth-order valence-electron chi connectivity index (χ4n) is 8.53. The van der Waals surface area contributed by atoms with Crippen molar-refractivity contribution in [3.8, 4) is 22.8 Å². The van der Waals surface area contributed by atoms with Gasteiger partial charge in [-0.3, -0.25) is 19.2 Å². The fourth-order valence-corrected chi connectivity index (χ4v) is 9.48. The summed E-state index contributed by atoms with van der Waals surface area (Å²) in [6.07, 6.45) is 3.12. The van der Waals surface area contributed by atoms with Crippen LogP contribution in [-0.4, -0.2) is 128 Å². The second kappa shape index (κ2) is 27.0. The number of aromatic nitrogens is 3. The summed E-state index contributed by atoms with van der Waals surface area (Å²) in [4.78, 5) is 68.7. The monoisotopic (exact) mass is 1030 g/mol. The minimum atomic E-state index is -4.78. The highest BCUT2D eigenvalue weighted by atomic mass is 32.1. The van der Waals surface area contributed by atoms with Crippen LogP contribution in [0, 0.1) is 5.92 Å². The van der Waals surface area contributed by atoms with Gasteiger partial charge in [0.05, 0.1) is 57.4 Å². The second-order valence-electron chi connectivity index (χ2n) is 17.5. The Labute approximate surface area is 425 Å². The Morgan fingerprint density at radius 3 is 2.25 bits per heavy atom. The molecule has 3 heterocycles. The van der Waals surface area contributed by atoms with Crippen LogP contribution >= 0.6 is 11.3 Å². The highest BCUT2D eigenvalue weighted by Gasteiger charge is 2.40. The van der Waals surface area contributed by atoms with Crippen molar-refractivity contribution >= 4 is 46.3 Å². The number of halogens is 3. The number of thiazole rings is 1. The molecule has 4 N–H and O–H groups in total. The van der Waals surface area contributed by atoms with Gasteiger partial charge in [0.2, 0.25) is 17.6 Å². The molecule has 1 saturated heterocycles. The number of nitrogens with zero attached hydrogens (tertiary/aromatic N) is 4. The van der Waals surface area contributed by atoms with Crippen LogP contribution in [-0.2, 0) is 23.8 Å². The molecule has 0 spiro atoms. The maximum absolute atomic E-state index is 14.2. The Morgan fingerprint density at radius 1 is 0.795 bits per heavy atom. The zero-order valence-corrected chi connectivity index (χ0v) is 41.6. The Hall–Kier alpha value is -6.52. The zero-order valence-electron chi connectivity index (χ0n) is 40.8. The van der Waals surface area contributed by atoms with Crippen LogP contribution in [0.25, 0.3) is 11.3 Å². The Kier molecular flexibility index (Phi) is 20.0. The van der Waals surface area contributed by atoms with Crippen molar-refractivity contribution in [1.29, 1.82) is 0 Å². The molecule has 1 aliphatic carbocycles. The summed E-state index contributed by atoms with van der Waals surface area (Å²) < 4.78 is 64.1. The van der Waals surface area contributed by atoms with E-state index < -0.39 is 18.4 Å². The van der Waals surface area contributed by atoms with Crippen molar-refractivity contribution in [2.24, 2.45) is 5.92 Å². The predicted octanol–water partition coefficient (Wildman–Crippen LogP) is 7.67. The molecule has 21 heteroatoms. The molecule has 3 atom stereocenters. The number of ketones is 1. The number of rotatable bonds is 26. The third kappa shape index (κ3) is 16.2. The highest BCUT2D eigenvalue weighted by Crippen LogP contribution is 2.37. The number of alkyl halides is 3. The van der Waals surface area contributed by atoms with Crippen molar-refractivity contribution in [1.82, 2.24) is 35.8 Å². The number of hydrogen-bond acceptors (Lipinski definition) is 15. The molecule has 390 valence electrons. The van der Waals surface area contributed by atoms with Crippen molar-refractivity contribution in [2.75, 3.05) is 71.7 Å². The number of amides is 3. The van der Waals surface area contributed by atoms with Crippen molar-refractivity contribution in [3.05, 3.63) is 112 Å². The van der Waals surface area contributed by atoms with Gasteiger partial charge in [0.15, 0.2) is 0 Å². The van der Waals surface area contributed by atoms with Crippen LogP contribution in [0.5, 0.6) is 11.5 Å². The van der Waals surface area contributed by atoms with E-state index in [1.165, 1.54) is 41.9 Å². The number of anilines is 2. The lowest BCUT2D eigenvalue weighted by Gasteiger charge is -2.35. The standard InChI is InChI=1S/C52H61F3N8O9S/c1-34(56-2)48(65)62-46(35-9-4-3-5-10-35)51(67)63-21-8-15-44(63)50-61-43(32-73-50)47(64)37-12-7-14-41(30-37)71-28-27-70-26-25-69-24-23-68-22-20-57-49(66)38-13-6-11-36(29-38)42-31-45(59-33-58-42)60-39-16-18-40(19-17-39)72-52(53,54)55/h6-7,11-14,16-19,29-35,44,46,56H,3-5,8-10,15,20-28H2,1-2H3,(H,57,66)(H,62,65)(H,58,59,60). The molecule has 5 aromatic rings. The number of likely N-dealkylation sites (tertiary alicyclic amines) is 1. The lowest BCUT2D eigenvalue weighted by molar-refractivity contribution is -0.274. The number of ether oxygens (including phenoxy) is 5. The van der Waals surface area contributed by atoms with E-state index in [0.29, 0.717) is 89.9 Å². The molecular formula is C52H61F3N8O9S. The SMILES string of the molecule is CNC(C)C(=O)NC(C(=O)N1CCCC1c1nc(C(=O)c2cccc(OCCOCCOCCOCCNC(=O)c3cccc(-c4cc(Nc5ccc(OC(F)(F)F)cc5)ncn4)c3)c2)cs1)C1CCCCC1. The molecule has 2 aromatic heterocycles. The van der Waals surface area contributed by atoms with Gasteiger partial charge >= 0.3 is 6.36 Å². The van der Waals surface area contributed by atoms with E-state index in [-0.39, 0.29) is 61.0 Å². The van der Waals surface area contributed by atoms with Gasteiger partial charge in [-0.2, -0.15) is 0 Å². The normalized spacial score (nSPS) is 15.8. The van der Waals surface area contributed by atoms with E-state index in [9.17, 15) is 32.3 Å². The van der Waals surface area contributed by atoms with Gasteiger partial charge in [0.1, 0.15) is 47.0 Å². The first kappa shape index (κ1) is 54.3. The zero-order chi connectivity index (χ0) is 51.6. The minimum absolute atomic E-state index is 0.0754. The maximum atomic E-state index is 14.2. The summed E-state index contributed by atoms with van der Waals surface area (Å²) in [5.74, 6) is -0.155. The Balaban J connectivity index is 0.755. The van der Waals surface area contributed by atoms with Crippen LogP contribution in [0.3, 0.4) is 0 Å². The van der Waals surface area contributed by atoms with Crippen LogP contribution in [0.2, 0.25) is 0 Å². The number of likely N-dealkylation sites (N-methyl/N-ethyl adjacent to an activating group) is 1. The largest absolute Gasteiger partial charge is 0.573 e. The molecule has 1 aliphatic heterocycles. The van der Waals surface area contributed by atoms with Crippen LogP contribution in [0.4, 0.5) is 24.7 Å². The van der Waals surface area contributed by atoms with E-state index in [1.54, 1.807) is 73.9 Å². The second-order valence-corrected chi connectivity index (χ2v) is 18.4. The average Bonchev–Trinajstić information content (AvgIpc) is 4.10. The van der Waals surface area contributed by atoms with E-state index in [2.05, 4.69) is 36.0 Å². The van der Waals surface area contributed by atoms with E-state index in [4.69, 9.17) is 23.9 Å². The van der Waals surface area contributed by atoms with Crippen LogP contribution < -0.4 is 30.7 Å². The molecule has 0 bridgehead atoms. The number of hydrogen-bond donors (Lipinski definition) is 4. The molecule has 17 nitrogen and oxygen atoms in total. The summed E-state index contributed by atoms with van der Waals surface area (Å²) in [6.45, 7) is 4.78. The average molecular weight is 1030 g/mol. The smallest absolute Gasteiger partial charge is 0.491 e. The predicted molar refractivity (Wildman–Crippen MR) is 267 cm³/mol. The first-order chi connectivity index (χ1) is 35.3. The highest BCUT2D eigenvalue weighted by molar-refractivity contribution is 7.10. The minimum Gasteiger partial charge on any atom is -0.491 e. The molecule has 7 rings (SSSR count). The first-order valence-corrected chi connectivity index (χ1v) is 25.3. The van der Waals surface area contributed by atoms with Crippen molar-refractivity contribution < 1.29 is 56.0 Å². The number of benzene rings is 3. The summed E-state index contributed by atoms with van der Waals surface area (Å²) in [5, 5.41) is 14.3. The summed E-state index contributed by atoms with van der Waals surface area (Å²) in [5.41, 5.74) is 2.82. The molecule has 2 fully saturated rings. The number of nitrogens with one attached hydrogen (secondary N) is 4. The van der Waals surface area contributed by atoms with Gasteiger partial charge in [0.25, 0.3) is 5.91 Å². The van der Waals surface area contributed by atoms with E-state index >= 15 is 0 Å². The van der Waals surface area contributed by atoms with Gasteiger partial charge in [-0.1, -0.05) is 43.5 Å². The van der Waals surface area contributed by atoms with Gasteiger partial charge < -0.3 is 49.9 Å². The Bertz CT molecular complexity index is 2600. The molecule has 3 amide bonds. The summed E-state index contributed by atoms with van der Waals surface area (Å²) >= 11 is 1.37. The third-order valence-electron chi connectivity index (χ3n) is 12.4. The summed E-state index contributed by atoms with van der Waals surface area (Å²) in [7, 11) is 1.72. The molecule has 73 heavy (non-hydrogen) atoms. The molecule has 2 aliphatic rings. The summed E-state index contributed by atoms with van der Waals surface area (Å²) in [6, 6.07) is 19.4. The molecule has 3 unspecified atom stereocenters.